The molecule has 0 aliphatic carbocycles. The van der Waals surface area contributed by atoms with Crippen molar-refractivity contribution < 1.29 is 24.2 Å². The topological polar surface area (TPSA) is 84.9 Å². The average Bonchev–Trinajstić information content (AvgIpc) is 2.79. The molecule has 0 saturated carbocycles. The van der Waals surface area contributed by atoms with Gasteiger partial charge in [0.1, 0.15) is 17.2 Å². The van der Waals surface area contributed by atoms with Crippen molar-refractivity contribution >= 4 is 11.9 Å². The molecule has 33 heavy (non-hydrogen) atoms. The minimum atomic E-state index is -1.33. The summed E-state index contributed by atoms with van der Waals surface area (Å²) in [7, 11) is 0. The maximum Gasteiger partial charge on any atom is 0.347 e. The molecule has 0 atom stereocenters. The van der Waals surface area contributed by atoms with E-state index in [0.717, 1.165) is 17.5 Å². The van der Waals surface area contributed by atoms with Crippen LogP contribution < -0.4 is 14.8 Å². The predicted molar refractivity (Wildman–Crippen MR) is 127 cm³/mol. The summed E-state index contributed by atoms with van der Waals surface area (Å²) in [6.45, 7) is 7.29. The SMILES string of the molecule is CCc1ccc(C(=O)NCc2cccc(Oc3ccc(OC(C)(C)C(=O)O)c(C)c3)c2)cc1. The molecule has 0 heterocycles. The number of hydrogen-bond acceptors (Lipinski definition) is 4. The van der Waals surface area contributed by atoms with Gasteiger partial charge in [-0.25, -0.2) is 4.79 Å². The van der Waals surface area contributed by atoms with Crippen LogP contribution in [0.3, 0.4) is 0 Å². The molecule has 6 heteroatoms. The molecule has 0 aliphatic heterocycles. The van der Waals surface area contributed by atoms with Crippen LogP contribution in [0.25, 0.3) is 0 Å². The molecule has 0 fully saturated rings. The highest BCUT2D eigenvalue weighted by atomic mass is 16.5. The number of benzene rings is 3. The number of nitrogens with one attached hydrogen (secondary N) is 1. The quantitative estimate of drug-likeness (QED) is 0.451. The van der Waals surface area contributed by atoms with Crippen molar-refractivity contribution in [1.82, 2.24) is 5.32 Å². The fourth-order valence-corrected chi connectivity index (χ4v) is 3.15. The van der Waals surface area contributed by atoms with Crippen molar-refractivity contribution in [3.05, 3.63) is 89.0 Å². The van der Waals surface area contributed by atoms with Crippen LogP contribution in [0.4, 0.5) is 0 Å². The van der Waals surface area contributed by atoms with Crippen LogP contribution in [0.1, 0.15) is 47.8 Å². The molecule has 3 aromatic rings. The summed E-state index contributed by atoms with van der Waals surface area (Å²) >= 11 is 0. The molecule has 0 aromatic heterocycles. The van der Waals surface area contributed by atoms with Gasteiger partial charge in [-0.1, -0.05) is 31.2 Å². The van der Waals surface area contributed by atoms with Crippen LogP contribution >= 0.6 is 0 Å². The largest absolute Gasteiger partial charge is 0.478 e. The van der Waals surface area contributed by atoms with Crippen LogP contribution in [0.2, 0.25) is 0 Å². The molecule has 2 N–H and O–H groups in total. The Bertz CT molecular complexity index is 1140. The summed E-state index contributed by atoms with van der Waals surface area (Å²) in [6.07, 6.45) is 0.935. The molecule has 3 rings (SSSR count). The number of carbonyl (C=O) groups excluding carboxylic acids is 1. The first-order valence-corrected chi connectivity index (χ1v) is 10.8. The zero-order chi connectivity index (χ0) is 24.0. The van der Waals surface area contributed by atoms with Crippen molar-refractivity contribution in [2.45, 2.75) is 46.3 Å². The molecule has 0 spiro atoms. The van der Waals surface area contributed by atoms with Crippen molar-refractivity contribution in [1.29, 1.82) is 0 Å². The number of ether oxygens (including phenoxy) is 2. The van der Waals surface area contributed by atoms with E-state index in [0.29, 0.717) is 29.4 Å². The molecule has 0 saturated heterocycles. The third-order valence-electron chi connectivity index (χ3n) is 5.24. The van der Waals surface area contributed by atoms with Gasteiger partial charge in [0.05, 0.1) is 0 Å². The first kappa shape index (κ1) is 23.9. The van der Waals surface area contributed by atoms with Gasteiger partial charge in [-0.05, 0) is 86.3 Å². The Kier molecular flexibility index (Phi) is 7.38. The molecule has 0 radical (unpaired) electrons. The number of rotatable bonds is 9. The Hall–Kier alpha value is -3.80. The zero-order valence-corrected chi connectivity index (χ0v) is 19.3. The molecule has 1 amide bonds. The second-order valence-corrected chi connectivity index (χ2v) is 8.33. The lowest BCUT2D eigenvalue weighted by Crippen LogP contribution is -2.38. The Morgan fingerprint density at radius 3 is 2.27 bits per heavy atom. The van der Waals surface area contributed by atoms with Crippen molar-refractivity contribution in [2.24, 2.45) is 0 Å². The van der Waals surface area contributed by atoms with E-state index in [2.05, 4.69) is 12.2 Å². The Morgan fingerprint density at radius 1 is 0.939 bits per heavy atom. The summed E-state index contributed by atoms with van der Waals surface area (Å²) in [5.41, 5.74) is 2.16. The van der Waals surface area contributed by atoms with Crippen LogP contribution in [0.15, 0.2) is 66.7 Å². The monoisotopic (exact) mass is 447 g/mol. The van der Waals surface area contributed by atoms with Crippen molar-refractivity contribution in [2.75, 3.05) is 0 Å². The number of aryl methyl sites for hydroxylation is 2. The maximum absolute atomic E-state index is 12.4. The van der Waals surface area contributed by atoms with E-state index in [-0.39, 0.29) is 5.91 Å². The molecular formula is C27H29NO5. The van der Waals surface area contributed by atoms with E-state index in [1.807, 2.05) is 55.5 Å². The van der Waals surface area contributed by atoms with Gasteiger partial charge >= 0.3 is 5.97 Å². The third-order valence-corrected chi connectivity index (χ3v) is 5.24. The van der Waals surface area contributed by atoms with Gasteiger partial charge in [0.2, 0.25) is 0 Å². The summed E-state index contributed by atoms with van der Waals surface area (Å²) in [5.74, 6) is 0.555. The fraction of sp³-hybridized carbons (Fsp3) is 0.259. The van der Waals surface area contributed by atoms with Crippen LogP contribution in [-0.2, 0) is 17.8 Å². The second-order valence-electron chi connectivity index (χ2n) is 8.33. The van der Waals surface area contributed by atoms with Crippen LogP contribution in [-0.4, -0.2) is 22.6 Å². The van der Waals surface area contributed by atoms with Crippen molar-refractivity contribution in [3.63, 3.8) is 0 Å². The van der Waals surface area contributed by atoms with E-state index in [9.17, 15) is 14.7 Å². The Morgan fingerprint density at radius 2 is 1.64 bits per heavy atom. The zero-order valence-electron chi connectivity index (χ0n) is 19.3. The smallest absolute Gasteiger partial charge is 0.347 e. The fourth-order valence-electron chi connectivity index (χ4n) is 3.15. The molecule has 0 unspecified atom stereocenters. The lowest BCUT2D eigenvalue weighted by molar-refractivity contribution is -0.152. The number of carboxylic acids is 1. The van der Waals surface area contributed by atoms with E-state index < -0.39 is 11.6 Å². The van der Waals surface area contributed by atoms with Gasteiger partial charge in [0, 0.05) is 12.1 Å². The molecule has 6 nitrogen and oxygen atoms in total. The lowest BCUT2D eigenvalue weighted by Gasteiger charge is -2.23. The van der Waals surface area contributed by atoms with Crippen molar-refractivity contribution in [3.8, 4) is 17.2 Å². The van der Waals surface area contributed by atoms with E-state index in [1.165, 1.54) is 19.4 Å². The average molecular weight is 448 g/mol. The number of amides is 1. The Balaban J connectivity index is 1.63. The maximum atomic E-state index is 12.4. The first-order valence-electron chi connectivity index (χ1n) is 10.8. The van der Waals surface area contributed by atoms with Gasteiger partial charge in [-0.2, -0.15) is 0 Å². The van der Waals surface area contributed by atoms with E-state index in [1.54, 1.807) is 18.2 Å². The van der Waals surface area contributed by atoms with Gasteiger partial charge in [0.15, 0.2) is 5.60 Å². The number of aliphatic carboxylic acids is 1. The normalized spacial score (nSPS) is 11.0. The minimum absolute atomic E-state index is 0.125. The van der Waals surface area contributed by atoms with Gasteiger partial charge in [0.25, 0.3) is 5.91 Å². The highest BCUT2D eigenvalue weighted by molar-refractivity contribution is 5.94. The second kappa shape index (κ2) is 10.2. The highest BCUT2D eigenvalue weighted by Crippen LogP contribution is 2.30. The molecule has 3 aromatic carbocycles. The van der Waals surface area contributed by atoms with Gasteiger partial charge < -0.3 is 19.9 Å². The van der Waals surface area contributed by atoms with E-state index >= 15 is 0 Å². The summed E-state index contributed by atoms with van der Waals surface area (Å²) < 4.78 is 11.6. The van der Waals surface area contributed by atoms with Gasteiger partial charge in [-0.15, -0.1) is 0 Å². The Labute approximate surface area is 194 Å². The van der Waals surface area contributed by atoms with Gasteiger partial charge in [-0.3, -0.25) is 4.79 Å². The predicted octanol–water partition coefficient (Wildman–Crippen LogP) is 5.52. The lowest BCUT2D eigenvalue weighted by atomic mass is 10.1. The highest BCUT2D eigenvalue weighted by Gasteiger charge is 2.29. The first-order chi connectivity index (χ1) is 15.7. The molecule has 0 bridgehead atoms. The number of hydrogen-bond donors (Lipinski definition) is 2. The van der Waals surface area contributed by atoms with E-state index in [4.69, 9.17) is 9.47 Å². The molecular weight excluding hydrogens is 418 g/mol. The summed E-state index contributed by atoms with van der Waals surface area (Å²) in [4.78, 5) is 23.7. The molecule has 172 valence electrons. The van der Waals surface area contributed by atoms with Crippen LogP contribution in [0, 0.1) is 6.92 Å². The summed E-state index contributed by atoms with van der Waals surface area (Å²) in [6, 6.07) is 20.3. The van der Waals surface area contributed by atoms with Crippen LogP contribution in [0.5, 0.6) is 17.2 Å². The standard InChI is InChI=1S/C27H29NO5/c1-5-19-9-11-21(12-10-19)25(29)28-17-20-7-6-8-22(16-20)32-23-13-14-24(18(2)15-23)33-27(3,4)26(30)31/h6-16H,5,17H2,1-4H3,(H,28,29)(H,30,31). The summed E-state index contributed by atoms with van der Waals surface area (Å²) in [5, 5.41) is 12.2. The number of carboxylic acid groups (broad SMARTS) is 1. The third kappa shape index (κ3) is 6.35. The molecule has 0 aliphatic rings. The number of carbonyl (C=O) groups is 2. The minimum Gasteiger partial charge on any atom is -0.478 e.